The van der Waals surface area contributed by atoms with Crippen molar-refractivity contribution < 1.29 is 4.57 Å². The molecular formula is C32H24N3OP. The minimum absolute atomic E-state index is 0.757. The van der Waals surface area contributed by atoms with Gasteiger partial charge in [-0.2, -0.15) is 0 Å². The van der Waals surface area contributed by atoms with Gasteiger partial charge in [0.2, 0.25) is 0 Å². The van der Waals surface area contributed by atoms with Crippen LogP contribution in [0, 0.1) is 0 Å². The number of rotatable bonds is 4. The van der Waals surface area contributed by atoms with E-state index in [-0.39, 0.29) is 0 Å². The Balaban J connectivity index is 1.63. The average molecular weight is 498 g/mol. The Labute approximate surface area is 215 Å². The molecule has 0 atom stereocenters. The summed E-state index contributed by atoms with van der Waals surface area (Å²) in [7, 11) is -1.14. The maximum atomic E-state index is 15.4. The molecule has 0 radical (unpaired) electrons. The maximum Gasteiger partial charge on any atom is 0.173 e. The van der Waals surface area contributed by atoms with Crippen LogP contribution in [0.1, 0.15) is 0 Å². The molecule has 0 bridgehead atoms. The van der Waals surface area contributed by atoms with Crippen LogP contribution >= 0.6 is 7.14 Å². The first kappa shape index (κ1) is 21.8. The molecule has 2 heterocycles. The third-order valence-electron chi connectivity index (χ3n) is 7.22. The van der Waals surface area contributed by atoms with Crippen molar-refractivity contribution in [3.63, 3.8) is 0 Å². The lowest BCUT2D eigenvalue weighted by Gasteiger charge is -2.30. The summed E-state index contributed by atoms with van der Waals surface area (Å²) in [5, 5.41) is 2.36. The fourth-order valence-corrected chi connectivity index (χ4v) is 8.24. The number of aromatic nitrogens is 2. The standard InChI is InChI=1S/C32H24N3OP/c1-34-26-19-11-12-20-27(26)35-31-28(34)21-22-29(30(31)33-32(35)23-13-5-2-6-14-23)37(36,24-15-7-3-8-16-24)25-17-9-4-10-18-25/h2-22H,1H3. The van der Waals surface area contributed by atoms with E-state index in [1.165, 1.54) is 0 Å². The Morgan fingerprint density at radius 2 is 1.14 bits per heavy atom. The Hall–Kier alpha value is -4.40. The number of benzene rings is 5. The molecule has 5 heteroatoms. The third kappa shape index (κ3) is 3.16. The summed E-state index contributed by atoms with van der Waals surface area (Å²) >= 11 is 0. The van der Waals surface area contributed by atoms with Crippen molar-refractivity contribution in [2.24, 2.45) is 0 Å². The molecule has 1 aromatic heterocycles. The van der Waals surface area contributed by atoms with Gasteiger partial charge < -0.3 is 9.46 Å². The maximum absolute atomic E-state index is 15.4. The second kappa shape index (κ2) is 8.33. The van der Waals surface area contributed by atoms with Gasteiger partial charge >= 0.3 is 0 Å². The van der Waals surface area contributed by atoms with Crippen LogP contribution in [0.4, 0.5) is 11.4 Å². The molecule has 4 nitrogen and oxygen atoms in total. The van der Waals surface area contributed by atoms with E-state index in [1.54, 1.807) is 0 Å². The summed E-state index contributed by atoms with van der Waals surface area (Å²) in [5.41, 5.74) is 5.97. The summed E-state index contributed by atoms with van der Waals surface area (Å²) in [4.78, 5) is 7.47. The monoisotopic (exact) mass is 497 g/mol. The predicted molar refractivity (Wildman–Crippen MR) is 154 cm³/mol. The quantitative estimate of drug-likeness (QED) is 0.264. The zero-order valence-electron chi connectivity index (χ0n) is 20.3. The van der Waals surface area contributed by atoms with Crippen LogP contribution in [-0.2, 0) is 4.57 Å². The van der Waals surface area contributed by atoms with Gasteiger partial charge in [0.25, 0.3) is 0 Å². The number of anilines is 2. The first-order valence-corrected chi connectivity index (χ1v) is 14.0. The van der Waals surface area contributed by atoms with Crippen molar-refractivity contribution >= 4 is 45.5 Å². The number of hydrogen-bond donors (Lipinski definition) is 0. The van der Waals surface area contributed by atoms with Gasteiger partial charge in [-0.1, -0.05) is 103 Å². The first-order chi connectivity index (χ1) is 18.2. The molecule has 0 saturated carbocycles. The van der Waals surface area contributed by atoms with Crippen LogP contribution in [0.5, 0.6) is 0 Å². The molecule has 37 heavy (non-hydrogen) atoms. The smallest absolute Gasteiger partial charge is 0.173 e. The molecule has 6 aromatic rings. The van der Waals surface area contributed by atoms with Crippen molar-refractivity contribution in [3.8, 4) is 17.1 Å². The fraction of sp³-hybridized carbons (Fsp3) is 0.0312. The lowest BCUT2D eigenvalue weighted by molar-refractivity contribution is 0.592. The molecule has 0 N–H and O–H groups in total. The molecule has 1 aliphatic rings. The molecule has 0 spiro atoms. The molecule has 1 aliphatic heterocycles. The molecule has 0 amide bonds. The number of nitrogens with zero attached hydrogens (tertiary/aromatic N) is 3. The Bertz CT molecular complexity index is 1770. The van der Waals surface area contributed by atoms with Crippen LogP contribution in [0.15, 0.2) is 127 Å². The van der Waals surface area contributed by atoms with Gasteiger partial charge in [0.15, 0.2) is 7.14 Å². The topological polar surface area (TPSA) is 38.1 Å². The molecule has 178 valence electrons. The zero-order chi connectivity index (χ0) is 25.0. The minimum atomic E-state index is -3.22. The zero-order valence-corrected chi connectivity index (χ0v) is 21.2. The van der Waals surface area contributed by atoms with Crippen molar-refractivity contribution in [2.75, 3.05) is 11.9 Å². The number of imidazole rings is 1. The van der Waals surface area contributed by atoms with Gasteiger partial charge in [-0.15, -0.1) is 0 Å². The van der Waals surface area contributed by atoms with E-state index < -0.39 is 7.14 Å². The highest BCUT2D eigenvalue weighted by Gasteiger charge is 2.36. The predicted octanol–water partition coefficient (Wildman–Crippen LogP) is 6.41. The van der Waals surface area contributed by atoms with Gasteiger partial charge in [-0.25, -0.2) is 4.98 Å². The SMILES string of the molecule is CN1c2ccccc2-n2c(-c3ccccc3)nc3c(P(=O)(c4ccccc4)c4ccccc4)ccc1c32. The molecule has 0 unspecified atom stereocenters. The molecule has 0 saturated heterocycles. The van der Waals surface area contributed by atoms with Crippen LogP contribution in [0.25, 0.3) is 28.1 Å². The highest BCUT2D eigenvalue weighted by atomic mass is 31.2. The van der Waals surface area contributed by atoms with Crippen LogP contribution in [-0.4, -0.2) is 16.6 Å². The normalized spacial score (nSPS) is 12.5. The Morgan fingerprint density at radius 3 is 1.76 bits per heavy atom. The lowest BCUT2D eigenvalue weighted by Crippen LogP contribution is -2.26. The highest BCUT2D eigenvalue weighted by Crippen LogP contribution is 2.49. The Kier molecular flexibility index (Phi) is 4.92. The summed E-state index contributed by atoms with van der Waals surface area (Å²) in [6.07, 6.45) is 0. The van der Waals surface area contributed by atoms with E-state index in [9.17, 15) is 0 Å². The van der Waals surface area contributed by atoms with Crippen molar-refractivity contribution in [2.45, 2.75) is 0 Å². The Morgan fingerprint density at radius 1 is 0.595 bits per heavy atom. The lowest BCUT2D eigenvalue weighted by atomic mass is 10.1. The molecular weight excluding hydrogens is 473 g/mol. The summed E-state index contributed by atoms with van der Waals surface area (Å²) in [6.45, 7) is 0. The van der Waals surface area contributed by atoms with Crippen molar-refractivity contribution in [1.82, 2.24) is 9.55 Å². The average Bonchev–Trinajstić information content (AvgIpc) is 3.38. The van der Waals surface area contributed by atoms with Gasteiger partial charge in [0.05, 0.1) is 22.6 Å². The number of hydrogen-bond acceptors (Lipinski definition) is 3. The highest BCUT2D eigenvalue weighted by molar-refractivity contribution is 7.85. The van der Waals surface area contributed by atoms with Crippen LogP contribution in [0.3, 0.4) is 0 Å². The molecule has 5 aromatic carbocycles. The third-order valence-corrected chi connectivity index (χ3v) is 10.3. The van der Waals surface area contributed by atoms with Crippen LogP contribution in [0.2, 0.25) is 0 Å². The molecule has 0 fully saturated rings. The molecule has 7 rings (SSSR count). The fourth-order valence-electron chi connectivity index (χ4n) is 5.46. The van der Waals surface area contributed by atoms with Crippen molar-refractivity contribution in [3.05, 3.63) is 127 Å². The minimum Gasteiger partial charge on any atom is -0.341 e. The number of fused-ring (bicyclic) bond motifs is 2. The van der Waals surface area contributed by atoms with E-state index in [2.05, 4.69) is 59.0 Å². The van der Waals surface area contributed by atoms with Crippen molar-refractivity contribution in [1.29, 1.82) is 0 Å². The van der Waals surface area contributed by atoms with Gasteiger partial charge in [0.1, 0.15) is 11.3 Å². The summed E-state index contributed by atoms with van der Waals surface area (Å²) < 4.78 is 17.6. The van der Waals surface area contributed by atoms with Crippen LogP contribution < -0.4 is 20.8 Å². The van der Waals surface area contributed by atoms with E-state index in [0.29, 0.717) is 0 Å². The molecule has 0 aliphatic carbocycles. The van der Waals surface area contributed by atoms with Gasteiger partial charge in [-0.05, 0) is 24.3 Å². The largest absolute Gasteiger partial charge is 0.341 e. The van der Waals surface area contributed by atoms with E-state index in [4.69, 9.17) is 4.98 Å². The van der Waals surface area contributed by atoms with Gasteiger partial charge in [-0.3, -0.25) is 4.57 Å². The van der Waals surface area contributed by atoms with E-state index in [1.807, 2.05) is 84.9 Å². The summed E-state index contributed by atoms with van der Waals surface area (Å²) in [5.74, 6) is 0.845. The van der Waals surface area contributed by atoms with E-state index in [0.717, 1.165) is 55.4 Å². The first-order valence-electron chi connectivity index (χ1n) is 12.3. The summed E-state index contributed by atoms with van der Waals surface area (Å²) in [6, 6.07) is 42.4. The van der Waals surface area contributed by atoms with E-state index >= 15 is 4.57 Å². The number of para-hydroxylation sites is 2. The second-order valence-electron chi connectivity index (χ2n) is 9.27. The van der Waals surface area contributed by atoms with Gasteiger partial charge in [0, 0.05) is 28.5 Å². The second-order valence-corrected chi connectivity index (χ2v) is 12.0.